The summed E-state index contributed by atoms with van der Waals surface area (Å²) < 4.78 is 9.75. The van der Waals surface area contributed by atoms with Gasteiger partial charge in [-0.25, -0.2) is 4.99 Å². The van der Waals surface area contributed by atoms with Gasteiger partial charge < -0.3 is 26.4 Å². The van der Waals surface area contributed by atoms with Crippen molar-refractivity contribution in [2.45, 2.75) is 87.7 Å². The minimum atomic E-state index is 0.285. The fraction of sp³-hybridized carbons (Fsp3) is 0.571. The minimum absolute atomic E-state index is 0.285. The summed E-state index contributed by atoms with van der Waals surface area (Å²) in [6, 6.07) is 5.35. The van der Waals surface area contributed by atoms with Gasteiger partial charge in [-0.15, -0.1) is 0 Å². The van der Waals surface area contributed by atoms with E-state index in [0.29, 0.717) is 22.8 Å². The van der Waals surface area contributed by atoms with Gasteiger partial charge in [0.1, 0.15) is 5.84 Å². The van der Waals surface area contributed by atoms with Crippen LogP contribution in [0.4, 0.5) is 11.4 Å². The highest BCUT2D eigenvalue weighted by Gasteiger charge is 2.22. The fourth-order valence-corrected chi connectivity index (χ4v) is 3.29. The number of allylic oxidation sites excluding steroid dienone is 1. The SMILES string of the molecule is CC.CC.CC.COC.COC1CCC(C(C(N)=Nc2ccc(N)c(C=N)c2)=C(C)C)=C(C)C1. The first-order valence-electron chi connectivity index (χ1n) is 12.3. The van der Waals surface area contributed by atoms with Crippen LogP contribution in [0.3, 0.4) is 0 Å². The molecule has 1 aromatic carbocycles. The van der Waals surface area contributed by atoms with Gasteiger partial charge in [0, 0.05) is 44.4 Å². The second-order valence-electron chi connectivity index (χ2n) is 7.10. The highest BCUT2D eigenvalue weighted by atomic mass is 16.5. The van der Waals surface area contributed by atoms with E-state index < -0.39 is 0 Å². The maximum atomic E-state index is 7.43. The van der Waals surface area contributed by atoms with Crippen molar-refractivity contribution in [1.29, 1.82) is 5.41 Å². The van der Waals surface area contributed by atoms with Crippen LogP contribution in [0, 0.1) is 5.41 Å². The number of anilines is 1. The Balaban J connectivity index is -0.000000945. The fourth-order valence-electron chi connectivity index (χ4n) is 3.29. The van der Waals surface area contributed by atoms with Gasteiger partial charge in [0.05, 0.1) is 11.8 Å². The molecule has 0 fully saturated rings. The molecule has 1 aromatic rings. The highest BCUT2D eigenvalue weighted by molar-refractivity contribution is 6.03. The van der Waals surface area contributed by atoms with E-state index in [1.54, 1.807) is 33.5 Å². The Labute approximate surface area is 210 Å². The first kappa shape index (κ1) is 36.1. The van der Waals surface area contributed by atoms with Crippen LogP contribution in [0.2, 0.25) is 0 Å². The molecule has 34 heavy (non-hydrogen) atoms. The van der Waals surface area contributed by atoms with Crippen LogP contribution in [-0.2, 0) is 9.47 Å². The molecule has 0 saturated heterocycles. The summed E-state index contributed by atoms with van der Waals surface area (Å²) in [6.07, 6.45) is 4.37. The van der Waals surface area contributed by atoms with Crippen molar-refractivity contribution in [3.63, 3.8) is 0 Å². The van der Waals surface area contributed by atoms with Crippen molar-refractivity contribution >= 4 is 23.4 Å². The molecular weight excluding hydrogens is 424 g/mol. The third-order valence-corrected chi connectivity index (χ3v) is 4.63. The monoisotopic (exact) mass is 476 g/mol. The number of ether oxygens (including phenoxy) is 2. The summed E-state index contributed by atoms with van der Waals surface area (Å²) in [7, 11) is 5.02. The van der Waals surface area contributed by atoms with Gasteiger partial charge in [-0.1, -0.05) is 52.7 Å². The van der Waals surface area contributed by atoms with Gasteiger partial charge in [0.15, 0.2) is 0 Å². The Morgan fingerprint density at radius 1 is 1.06 bits per heavy atom. The van der Waals surface area contributed by atoms with Crippen molar-refractivity contribution in [2.24, 2.45) is 10.7 Å². The number of benzene rings is 1. The Bertz CT molecular complexity index is 777. The Hall–Kier alpha value is -2.44. The standard InChI is InChI=1S/C20H28N4O.C2H6O.3C2H6/c1-12(2)19(17-7-6-16(25-4)9-13(17)3)20(23)24-15-5-8-18(22)14(10-15)11-21;1-3-2;3*1-2/h5,8,10-11,16,21H,6-7,9,22H2,1-4H3,(H2,23,24);1-2H3;3*1-2H3. The van der Waals surface area contributed by atoms with E-state index in [4.69, 9.17) is 21.6 Å². The lowest BCUT2D eigenvalue weighted by Gasteiger charge is -2.27. The average molecular weight is 477 g/mol. The zero-order valence-corrected chi connectivity index (χ0v) is 23.9. The second-order valence-corrected chi connectivity index (χ2v) is 7.10. The van der Waals surface area contributed by atoms with Crippen LogP contribution >= 0.6 is 0 Å². The molecule has 1 atom stereocenters. The predicted molar refractivity (Wildman–Crippen MR) is 153 cm³/mol. The quantitative estimate of drug-likeness (QED) is 0.233. The minimum Gasteiger partial charge on any atom is -0.398 e. The molecule has 6 nitrogen and oxygen atoms in total. The van der Waals surface area contributed by atoms with E-state index in [0.717, 1.165) is 30.4 Å². The molecular formula is C28H52N4O2. The average Bonchev–Trinajstić information content (AvgIpc) is 2.85. The molecule has 0 aromatic heterocycles. The zero-order chi connectivity index (χ0) is 27.3. The van der Waals surface area contributed by atoms with Crippen molar-refractivity contribution in [3.05, 3.63) is 46.1 Å². The summed E-state index contributed by atoms with van der Waals surface area (Å²) in [5.74, 6) is 0.505. The van der Waals surface area contributed by atoms with Gasteiger partial charge in [-0.2, -0.15) is 0 Å². The molecule has 0 radical (unpaired) electrons. The van der Waals surface area contributed by atoms with Crippen LogP contribution in [0.1, 0.15) is 87.1 Å². The lowest BCUT2D eigenvalue weighted by Crippen LogP contribution is -2.23. The smallest absolute Gasteiger partial charge is 0.131 e. The summed E-state index contributed by atoms with van der Waals surface area (Å²) in [4.78, 5) is 4.59. The van der Waals surface area contributed by atoms with Crippen LogP contribution in [0.25, 0.3) is 0 Å². The molecule has 6 heteroatoms. The molecule has 0 amide bonds. The molecule has 2 rings (SSSR count). The molecule has 0 saturated carbocycles. The number of rotatable bonds is 5. The Morgan fingerprint density at radius 2 is 1.59 bits per heavy atom. The van der Waals surface area contributed by atoms with Gasteiger partial charge in [-0.3, -0.25) is 0 Å². The van der Waals surface area contributed by atoms with E-state index in [1.807, 2.05) is 47.6 Å². The number of nitrogens with zero attached hydrogens (tertiary/aromatic N) is 1. The van der Waals surface area contributed by atoms with E-state index in [2.05, 4.69) is 30.5 Å². The summed E-state index contributed by atoms with van der Waals surface area (Å²) in [5.41, 5.74) is 18.9. The van der Waals surface area contributed by atoms with Crippen molar-refractivity contribution in [2.75, 3.05) is 27.1 Å². The van der Waals surface area contributed by atoms with E-state index in [9.17, 15) is 0 Å². The van der Waals surface area contributed by atoms with E-state index in [-0.39, 0.29) is 6.10 Å². The number of methoxy groups -OCH3 is 2. The summed E-state index contributed by atoms with van der Waals surface area (Å²) in [6.45, 7) is 18.3. The number of hydrogen-bond acceptors (Lipinski definition) is 5. The van der Waals surface area contributed by atoms with Crippen LogP contribution in [0.15, 0.2) is 45.5 Å². The van der Waals surface area contributed by atoms with Gasteiger partial charge in [-0.05, 0) is 63.8 Å². The summed E-state index contributed by atoms with van der Waals surface area (Å²) in [5, 5.41) is 7.43. The Kier molecular flexibility index (Phi) is 23.8. The topological polar surface area (TPSA) is 107 Å². The number of nitrogen functional groups attached to an aromatic ring is 1. The summed E-state index contributed by atoms with van der Waals surface area (Å²) >= 11 is 0. The van der Waals surface area contributed by atoms with Gasteiger partial charge in [0.25, 0.3) is 0 Å². The third-order valence-electron chi connectivity index (χ3n) is 4.63. The van der Waals surface area contributed by atoms with Gasteiger partial charge in [0.2, 0.25) is 0 Å². The molecule has 0 spiro atoms. The number of hydrogen-bond donors (Lipinski definition) is 3. The maximum absolute atomic E-state index is 7.43. The zero-order valence-electron chi connectivity index (χ0n) is 23.9. The maximum Gasteiger partial charge on any atom is 0.131 e. The van der Waals surface area contributed by atoms with E-state index >= 15 is 0 Å². The third kappa shape index (κ3) is 12.7. The van der Waals surface area contributed by atoms with E-state index in [1.165, 1.54) is 17.4 Å². The van der Waals surface area contributed by atoms with Crippen molar-refractivity contribution in [1.82, 2.24) is 0 Å². The molecule has 5 N–H and O–H groups in total. The van der Waals surface area contributed by atoms with Crippen molar-refractivity contribution < 1.29 is 9.47 Å². The molecule has 196 valence electrons. The van der Waals surface area contributed by atoms with Crippen LogP contribution in [0.5, 0.6) is 0 Å². The highest BCUT2D eigenvalue weighted by Crippen LogP contribution is 2.33. The molecule has 0 aliphatic heterocycles. The first-order chi connectivity index (χ1) is 16.3. The lowest BCUT2D eigenvalue weighted by atomic mass is 9.84. The van der Waals surface area contributed by atoms with Crippen molar-refractivity contribution in [3.8, 4) is 0 Å². The number of amidine groups is 1. The molecule has 1 aliphatic rings. The number of aliphatic imine (C=N–C) groups is 1. The number of nitrogens with two attached hydrogens (primary N) is 2. The molecule has 0 bridgehead atoms. The second kappa shape index (κ2) is 22.4. The Morgan fingerprint density at radius 3 is 2.00 bits per heavy atom. The predicted octanol–water partition coefficient (Wildman–Crippen LogP) is 7.45. The molecule has 1 aliphatic carbocycles. The molecule has 1 unspecified atom stereocenters. The number of nitrogens with one attached hydrogen (secondary N) is 1. The molecule has 0 heterocycles. The van der Waals surface area contributed by atoms with Gasteiger partial charge >= 0.3 is 0 Å². The first-order valence-corrected chi connectivity index (χ1v) is 12.3. The largest absolute Gasteiger partial charge is 0.398 e. The normalized spacial score (nSPS) is 14.5. The lowest BCUT2D eigenvalue weighted by molar-refractivity contribution is 0.0915. The van der Waals surface area contributed by atoms with Crippen LogP contribution < -0.4 is 11.5 Å². The van der Waals surface area contributed by atoms with Crippen LogP contribution in [-0.4, -0.2) is 39.5 Å².